The molecule has 1 aromatic rings. The Morgan fingerprint density at radius 3 is 2.57 bits per heavy atom. The lowest BCUT2D eigenvalue weighted by atomic mass is 10.0. The maximum absolute atomic E-state index is 12.7. The molecule has 0 N–H and O–H groups in total. The minimum Gasteiger partial charge on any atom is -0.493 e. The van der Waals surface area contributed by atoms with Gasteiger partial charge < -0.3 is 14.4 Å². The maximum atomic E-state index is 12.7. The zero-order chi connectivity index (χ0) is 20.6. The van der Waals surface area contributed by atoms with Crippen LogP contribution in [0.15, 0.2) is 6.07 Å². The highest BCUT2D eigenvalue weighted by Crippen LogP contribution is 2.41. The summed E-state index contributed by atoms with van der Waals surface area (Å²) in [7, 11) is 3.24. The van der Waals surface area contributed by atoms with Gasteiger partial charge in [-0.25, -0.2) is 9.59 Å². The number of nitrogens with zero attached hydrogens (tertiary/aromatic N) is 4. The number of rotatable bonds is 2. The topological polar surface area (TPSA) is 86.1 Å². The van der Waals surface area contributed by atoms with Crippen LogP contribution in [0.4, 0.5) is 15.3 Å². The predicted molar refractivity (Wildman–Crippen MR) is 103 cm³/mol. The molecule has 28 heavy (non-hydrogen) atoms. The Morgan fingerprint density at radius 1 is 1.25 bits per heavy atom. The van der Waals surface area contributed by atoms with Gasteiger partial charge in [0.1, 0.15) is 17.2 Å². The molecule has 1 fully saturated rings. The number of ether oxygens (including phenoxy) is 2. The molecule has 0 radical (unpaired) electrons. The fourth-order valence-corrected chi connectivity index (χ4v) is 3.59. The number of hydrogen-bond donors (Lipinski definition) is 0. The molecule has 2 aliphatic rings. The molecule has 2 heterocycles. The van der Waals surface area contributed by atoms with Crippen molar-refractivity contribution >= 4 is 17.8 Å². The number of urea groups is 1. The van der Waals surface area contributed by atoms with Crippen LogP contribution < -0.4 is 9.64 Å². The number of benzene rings is 1. The van der Waals surface area contributed by atoms with E-state index in [1.54, 1.807) is 21.7 Å². The summed E-state index contributed by atoms with van der Waals surface area (Å²) in [5.74, 6) is 0.371. The van der Waals surface area contributed by atoms with Gasteiger partial charge in [-0.2, -0.15) is 5.26 Å². The molecular weight excluding hydrogens is 360 g/mol. The van der Waals surface area contributed by atoms with Crippen molar-refractivity contribution in [2.24, 2.45) is 0 Å². The zero-order valence-corrected chi connectivity index (χ0v) is 17.0. The molecule has 1 saturated heterocycles. The molecule has 150 valence electrons. The average Bonchev–Trinajstić information content (AvgIpc) is 3.05. The van der Waals surface area contributed by atoms with E-state index in [0.29, 0.717) is 36.6 Å². The van der Waals surface area contributed by atoms with E-state index in [1.165, 1.54) is 7.11 Å². The number of nitriles is 1. The average molecular weight is 386 g/mol. The standard InChI is InChI=1S/C20H26N4O4/c1-20(2,3)28-19(26)23-11-13-9-16(24-8-6-7-22(4)18(24)25)17(27-5)14(10-21)15(13)12-23/h9H,6-8,11-12H2,1-5H3. The summed E-state index contributed by atoms with van der Waals surface area (Å²) in [4.78, 5) is 30.0. The van der Waals surface area contributed by atoms with Gasteiger partial charge in [0.25, 0.3) is 0 Å². The molecule has 0 unspecified atom stereocenters. The Balaban J connectivity index is 2.00. The van der Waals surface area contributed by atoms with Crippen LogP contribution in [-0.4, -0.2) is 54.8 Å². The Kier molecular flexibility index (Phi) is 5.11. The molecule has 2 aliphatic heterocycles. The minimum atomic E-state index is -0.600. The molecule has 0 aromatic heterocycles. The molecule has 0 bridgehead atoms. The van der Waals surface area contributed by atoms with E-state index < -0.39 is 11.7 Å². The predicted octanol–water partition coefficient (Wildman–Crippen LogP) is 3.08. The van der Waals surface area contributed by atoms with Gasteiger partial charge in [-0.05, 0) is 44.4 Å². The number of fused-ring (bicyclic) bond motifs is 1. The number of amides is 3. The van der Waals surface area contributed by atoms with Crippen molar-refractivity contribution in [1.29, 1.82) is 5.26 Å². The molecular formula is C20H26N4O4. The Morgan fingerprint density at radius 2 is 1.96 bits per heavy atom. The zero-order valence-electron chi connectivity index (χ0n) is 17.0. The molecule has 8 heteroatoms. The number of methoxy groups -OCH3 is 1. The van der Waals surface area contributed by atoms with Gasteiger partial charge in [0.15, 0.2) is 5.75 Å². The van der Waals surface area contributed by atoms with Gasteiger partial charge in [0, 0.05) is 26.7 Å². The Hall–Kier alpha value is -2.95. The second-order valence-corrected chi connectivity index (χ2v) is 8.10. The molecule has 0 atom stereocenters. The molecule has 3 rings (SSSR count). The smallest absolute Gasteiger partial charge is 0.410 e. The lowest BCUT2D eigenvalue weighted by Gasteiger charge is -2.34. The highest BCUT2D eigenvalue weighted by atomic mass is 16.6. The molecule has 8 nitrogen and oxygen atoms in total. The first kappa shape index (κ1) is 19.8. The van der Waals surface area contributed by atoms with E-state index in [9.17, 15) is 14.9 Å². The summed E-state index contributed by atoms with van der Waals surface area (Å²) < 4.78 is 11.0. The van der Waals surface area contributed by atoms with E-state index >= 15 is 0 Å². The summed E-state index contributed by atoms with van der Waals surface area (Å²) >= 11 is 0. The van der Waals surface area contributed by atoms with E-state index in [2.05, 4.69) is 6.07 Å². The monoisotopic (exact) mass is 386 g/mol. The van der Waals surface area contributed by atoms with Gasteiger partial charge in [-0.15, -0.1) is 0 Å². The van der Waals surface area contributed by atoms with Crippen molar-refractivity contribution < 1.29 is 19.1 Å². The fraction of sp³-hybridized carbons (Fsp3) is 0.550. The fourth-order valence-electron chi connectivity index (χ4n) is 3.59. The van der Waals surface area contributed by atoms with E-state index in [1.807, 2.05) is 26.8 Å². The second-order valence-electron chi connectivity index (χ2n) is 8.10. The van der Waals surface area contributed by atoms with Gasteiger partial charge in [0.2, 0.25) is 0 Å². The number of carbonyl (C=O) groups excluding carboxylic acids is 2. The summed E-state index contributed by atoms with van der Waals surface area (Å²) in [6.45, 7) is 7.29. The number of hydrogen-bond acceptors (Lipinski definition) is 5. The highest BCUT2D eigenvalue weighted by Gasteiger charge is 2.34. The van der Waals surface area contributed by atoms with Crippen molar-refractivity contribution in [3.05, 3.63) is 22.8 Å². The third-order valence-electron chi connectivity index (χ3n) is 4.86. The van der Waals surface area contributed by atoms with Crippen LogP contribution in [0.1, 0.15) is 43.9 Å². The van der Waals surface area contributed by atoms with E-state index in [4.69, 9.17) is 9.47 Å². The van der Waals surface area contributed by atoms with Crippen LogP contribution >= 0.6 is 0 Å². The molecule has 1 aromatic carbocycles. The van der Waals surface area contributed by atoms with Crippen molar-refractivity contribution in [2.75, 3.05) is 32.1 Å². The molecule has 0 aliphatic carbocycles. The highest BCUT2D eigenvalue weighted by molar-refractivity contribution is 5.95. The van der Waals surface area contributed by atoms with E-state index in [0.717, 1.165) is 17.5 Å². The third kappa shape index (κ3) is 3.57. The third-order valence-corrected chi connectivity index (χ3v) is 4.86. The molecule has 3 amide bonds. The lowest BCUT2D eigenvalue weighted by Crippen LogP contribution is -2.47. The van der Waals surface area contributed by atoms with Crippen molar-refractivity contribution in [3.8, 4) is 11.8 Å². The van der Waals surface area contributed by atoms with Gasteiger partial charge in [0.05, 0.1) is 19.3 Å². The number of anilines is 1. The first-order chi connectivity index (χ1) is 13.2. The second kappa shape index (κ2) is 7.23. The molecule has 0 saturated carbocycles. The summed E-state index contributed by atoms with van der Waals surface area (Å²) in [6.07, 6.45) is 0.399. The van der Waals surface area contributed by atoms with Crippen LogP contribution in [0.2, 0.25) is 0 Å². The number of carbonyl (C=O) groups is 2. The van der Waals surface area contributed by atoms with Crippen LogP contribution in [0.25, 0.3) is 0 Å². The largest absolute Gasteiger partial charge is 0.493 e. The van der Waals surface area contributed by atoms with E-state index in [-0.39, 0.29) is 12.6 Å². The normalized spacial score (nSPS) is 16.7. The minimum absolute atomic E-state index is 0.129. The summed E-state index contributed by atoms with van der Waals surface area (Å²) in [6, 6.07) is 3.93. The van der Waals surface area contributed by atoms with Crippen LogP contribution in [0, 0.1) is 11.3 Å². The first-order valence-corrected chi connectivity index (χ1v) is 9.29. The SMILES string of the molecule is COc1c(N2CCCN(C)C2=O)cc2c(c1C#N)CN(C(=O)OC(C)(C)C)C2. The lowest BCUT2D eigenvalue weighted by molar-refractivity contribution is 0.0241. The van der Waals surface area contributed by atoms with Crippen LogP contribution in [0.5, 0.6) is 5.75 Å². The Bertz CT molecular complexity index is 853. The summed E-state index contributed by atoms with van der Waals surface area (Å²) in [5.41, 5.74) is 1.91. The van der Waals surface area contributed by atoms with Crippen LogP contribution in [0.3, 0.4) is 0 Å². The van der Waals surface area contributed by atoms with Crippen LogP contribution in [-0.2, 0) is 17.8 Å². The molecule has 0 spiro atoms. The van der Waals surface area contributed by atoms with Gasteiger partial charge in [-0.1, -0.05) is 0 Å². The van der Waals surface area contributed by atoms with Crippen molar-refractivity contribution in [2.45, 2.75) is 45.9 Å². The maximum Gasteiger partial charge on any atom is 0.410 e. The van der Waals surface area contributed by atoms with Gasteiger partial charge in [-0.3, -0.25) is 9.80 Å². The van der Waals surface area contributed by atoms with Crippen molar-refractivity contribution in [3.63, 3.8) is 0 Å². The van der Waals surface area contributed by atoms with Crippen molar-refractivity contribution in [1.82, 2.24) is 9.80 Å². The Labute approximate surface area is 165 Å². The quantitative estimate of drug-likeness (QED) is 0.780. The van der Waals surface area contributed by atoms with Gasteiger partial charge >= 0.3 is 12.1 Å². The first-order valence-electron chi connectivity index (χ1n) is 9.29. The summed E-state index contributed by atoms with van der Waals surface area (Å²) in [5, 5.41) is 9.79.